The Morgan fingerprint density at radius 1 is 1.00 bits per heavy atom. The highest BCUT2D eigenvalue weighted by Crippen LogP contribution is 2.15. The van der Waals surface area contributed by atoms with Crippen molar-refractivity contribution < 1.29 is 8.42 Å². The Labute approximate surface area is 81.8 Å². The van der Waals surface area contributed by atoms with Gasteiger partial charge in [0, 0.05) is 5.54 Å². The van der Waals surface area contributed by atoms with Gasteiger partial charge in [-0.25, -0.2) is 8.42 Å². The minimum atomic E-state index is -3.04. The summed E-state index contributed by atoms with van der Waals surface area (Å²) < 4.78 is 22.6. The van der Waals surface area contributed by atoms with Gasteiger partial charge in [-0.1, -0.05) is 0 Å². The average Bonchev–Trinajstić information content (AvgIpc) is 1.79. The van der Waals surface area contributed by atoms with E-state index in [9.17, 15) is 8.42 Å². The number of sulfone groups is 1. The molecule has 0 aliphatic carbocycles. The van der Waals surface area contributed by atoms with Crippen molar-refractivity contribution in [2.24, 2.45) is 0 Å². The first-order valence-electron chi connectivity index (χ1n) is 4.43. The van der Waals surface area contributed by atoms with Crippen LogP contribution in [0.5, 0.6) is 0 Å². The summed E-state index contributed by atoms with van der Waals surface area (Å²) in [5, 5.41) is 2.98. The van der Waals surface area contributed by atoms with Gasteiger partial charge in [-0.05, 0) is 41.5 Å². The van der Waals surface area contributed by atoms with E-state index in [4.69, 9.17) is 0 Å². The molecule has 0 saturated heterocycles. The van der Waals surface area contributed by atoms with Crippen LogP contribution in [0.2, 0.25) is 0 Å². The van der Waals surface area contributed by atoms with E-state index in [0.29, 0.717) is 0 Å². The van der Waals surface area contributed by atoms with E-state index in [1.165, 1.54) is 0 Å². The Morgan fingerprint density at radius 3 is 1.62 bits per heavy atom. The molecule has 4 heteroatoms. The molecular weight excluding hydrogens is 186 g/mol. The van der Waals surface area contributed by atoms with Crippen molar-refractivity contribution >= 4 is 9.84 Å². The van der Waals surface area contributed by atoms with Crippen LogP contribution >= 0.6 is 0 Å². The maximum absolute atomic E-state index is 11.6. The summed E-state index contributed by atoms with van der Waals surface area (Å²) in [5.74, 6) is 0.0417. The van der Waals surface area contributed by atoms with Crippen LogP contribution < -0.4 is 5.32 Å². The molecule has 0 aliphatic rings. The van der Waals surface area contributed by atoms with Gasteiger partial charge in [0.05, 0.1) is 4.75 Å². The van der Waals surface area contributed by atoms with Crippen LogP contribution in [-0.4, -0.2) is 24.6 Å². The fourth-order valence-corrected chi connectivity index (χ4v) is 1.58. The minimum absolute atomic E-state index is 0.0417. The average molecular weight is 207 g/mol. The SMILES string of the molecule is CC(C)(C)NCS(=O)(=O)C(C)(C)C. The zero-order chi connectivity index (χ0) is 10.9. The largest absolute Gasteiger partial charge is 0.299 e. The van der Waals surface area contributed by atoms with Crippen LogP contribution in [0.4, 0.5) is 0 Å². The van der Waals surface area contributed by atoms with Crippen LogP contribution in [0.15, 0.2) is 0 Å². The van der Waals surface area contributed by atoms with Crippen molar-refractivity contribution in [3.05, 3.63) is 0 Å². The molecule has 0 aromatic heterocycles. The lowest BCUT2D eigenvalue weighted by Gasteiger charge is -2.25. The molecule has 0 aromatic rings. The molecule has 0 saturated carbocycles. The molecule has 0 fully saturated rings. The van der Waals surface area contributed by atoms with Crippen molar-refractivity contribution in [1.29, 1.82) is 0 Å². The number of hydrogen-bond acceptors (Lipinski definition) is 3. The van der Waals surface area contributed by atoms with Crippen molar-refractivity contribution in [3.63, 3.8) is 0 Å². The third kappa shape index (κ3) is 4.62. The topological polar surface area (TPSA) is 46.2 Å². The van der Waals surface area contributed by atoms with Crippen molar-refractivity contribution in [1.82, 2.24) is 5.32 Å². The Bertz CT molecular complexity index is 254. The van der Waals surface area contributed by atoms with Gasteiger partial charge in [-0.2, -0.15) is 0 Å². The standard InChI is InChI=1S/C9H21NO2S/c1-8(2,3)10-7-13(11,12)9(4,5)6/h10H,7H2,1-6H3. The first kappa shape index (κ1) is 12.9. The second-order valence-corrected chi connectivity index (χ2v) is 8.04. The van der Waals surface area contributed by atoms with Gasteiger partial charge in [0.2, 0.25) is 0 Å². The molecular formula is C9H21NO2S. The predicted molar refractivity (Wildman–Crippen MR) is 56.4 cm³/mol. The number of nitrogens with one attached hydrogen (secondary N) is 1. The molecule has 3 nitrogen and oxygen atoms in total. The highest BCUT2D eigenvalue weighted by molar-refractivity contribution is 7.92. The molecule has 0 heterocycles. The number of hydrogen-bond donors (Lipinski definition) is 1. The third-order valence-electron chi connectivity index (χ3n) is 1.73. The minimum Gasteiger partial charge on any atom is -0.299 e. The monoisotopic (exact) mass is 207 g/mol. The van der Waals surface area contributed by atoms with Crippen LogP contribution in [0.1, 0.15) is 41.5 Å². The number of rotatable bonds is 2. The molecule has 0 unspecified atom stereocenters. The molecule has 0 aliphatic heterocycles. The van der Waals surface area contributed by atoms with E-state index in [2.05, 4.69) is 5.32 Å². The second-order valence-electron chi connectivity index (χ2n) is 5.30. The molecule has 0 aromatic carbocycles. The summed E-state index contributed by atoms with van der Waals surface area (Å²) in [7, 11) is -3.04. The Morgan fingerprint density at radius 2 is 1.38 bits per heavy atom. The molecule has 13 heavy (non-hydrogen) atoms. The van der Waals surface area contributed by atoms with E-state index < -0.39 is 14.6 Å². The predicted octanol–water partition coefficient (Wildman–Crippen LogP) is 1.55. The lowest BCUT2D eigenvalue weighted by molar-refractivity contribution is 0.447. The molecule has 0 atom stereocenters. The van der Waals surface area contributed by atoms with E-state index in [1.54, 1.807) is 20.8 Å². The normalized spacial score (nSPS) is 14.6. The van der Waals surface area contributed by atoms with Crippen molar-refractivity contribution in [2.45, 2.75) is 51.8 Å². The fourth-order valence-electron chi connectivity index (χ4n) is 0.528. The van der Waals surface area contributed by atoms with E-state index in [-0.39, 0.29) is 11.4 Å². The Hall–Kier alpha value is -0.0900. The van der Waals surface area contributed by atoms with E-state index in [0.717, 1.165) is 0 Å². The van der Waals surface area contributed by atoms with Gasteiger partial charge >= 0.3 is 0 Å². The van der Waals surface area contributed by atoms with Gasteiger partial charge in [0.25, 0.3) is 0 Å². The van der Waals surface area contributed by atoms with Crippen LogP contribution in [0.25, 0.3) is 0 Å². The first-order chi connectivity index (χ1) is 5.46. The van der Waals surface area contributed by atoms with Crippen LogP contribution in [-0.2, 0) is 9.84 Å². The molecule has 0 spiro atoms. The summed E-state index contributed by atoms with van der Waals surface area (Å²) >= 11 is 0. The Kier molecular flexibility index (Phi) is 3.55. The summed E-state index contributed by atoms with van der Waals surface area (Å²) in [4.78, 5) is 0. The smallest absolute Gasteiger partial charge is 0.168 e. The van der Waals surface area contributed by atoms with Gasteiger partial charge < -0.3 is 0 Å². The van der Waals surface area contributed by atoms with Crippen LogP contribution in [0.3, 0.4) is 0 Å². The maximum atomic E-state index is 11.6. The Balaban J connectivity index is 4.40. The second kappa shape index (κ2) is 3.58. The summed E-state index contributed by atoms with van der Waals surface area (Å²) in [6.45, 7) is 11.0. The van der Waals surface area contributed by atoms with Crippen molar-refractivity contribution in [3.8, 4) is 0 Å². The van der Waals surface area contributed by atoms with Crippen LogP contribution in [0, 0.1) is 0 Å². The van der Waals surface area contributed by atoms with Gasteiger partial charge in [-0.3, -0.25) is 5.32 Å². The molecule has 0 amide bonds. The molecule has 1 N–H and O–H groups in total. The lowest BCUT2D eigenvalue weighted by Crippen LogP contribution is -2.44. The summed E-state index contributed by atoms with van der Waals surface area (Å²) in [5.41, 5.74) is -0.154. The first-order valence-corrected chi connectivity index (χ1v) is 6.08. The summed E-state index contributed by atoms with van der Waals surface area (Å²) in [6.07, 6.45) is 0. The fraction of sp³-hybridized carbons (Fsp3) is 1.00. The molecule has 0 rings (SSSR count). The highest BCUT2D eigenvalue weighted by Gasteiger charge is 2.29. The maximum Gasteiger partial charge on any atom is 0.168 e. The lowest BCUT2D eigenvalue weighted by atomic mass is 10.1. The summed E-state index contributed by atoms with van der Waals surface area (Å²) in [6, 6.07) is 0. The zero-order valence-electron chi connectivity index (χ0n) is 9.43. The third-order valence-corrected chi connectivity index (χ3v) is 4.12. The van der Waals surface area contributed by atoms with Gasteiger partial charge in [0.15, 0.2) is 9.84 Å². The molecule has 80 valence electrons. The van der Waals surface area contributed by atoms with Gasteiger partial charge in [-0.15, -0.1) is 0 Å². The van der Waals surface area contributed by atoms with Gasteiger partial charge in [0.1, 0.15) is 5.88 Å². The zero-order valence-corrected chi connectivity index (χ0v) is 10.2. The quantitative estimate of drug-likeness (QED) is 0.747. The van der Waals surface area contributed by atoms with Crippen molar-refractivity contribution in [2.75, 3.05) is 5.88 Å². The molecule has 0 radical (unpaired) electrons. The highest BCUT2D eigenvalue weighted by atomic mass is 32.2. The molecule has 0 bridgehead atoms. The van der Waals surface area contributed by atoms with E-state index >= 15 is 0 Å². The van der Waals surface area contributed by atoms with E-state index in [1.807, 2.05) is 20.8 Å².